The fourth-order valence-corrected chi connectivity index (χ4v) is 4.82. The van der Waals surface area contributed by atoms with E-state index in [1.807, 2.05) is 6.92 Å². The third-order valence-corrected chi connectivity index (χ3v) is 6.58. The summed E-state index contributed by atoms with van der Waals surface area (Å²) < 4.78 is 51.2. The predicted molar refractivity (Wildman–Crippen MR) is 83.1 cm³/mol. The topological polar surface area (TPSA) is 55.8 Å². The van der Waals surface area contributed by atoms with Gasteiger partial charge in [0.25, 0.3) is 0 Å². The molecule has 1 atom stereocenters. The van der Waals surface area contributed by atoms with Crippen molar-refractivity contribution in [1.82, 2.24) is 4.31 Å². The lowest BCUT2D eigenvalue weighted by molar-refractivity contribution is -0.0336. The molecule has 1 aromatic rings. The van der Waals surface area contributed by atoms with Crippen molar-refractivity contribution in [3.05, 3.63) is 30.1 Å². The average Bonchev–Trinajstić information content (AvgIpc) is 2.91. The second kappa shape index (κ2) is 6.47. The molecule has 0 unspecified atom stereocenters. The molecule has 7 heteroatoms. The van der Waals surface area contributed by atoms with Gasteiger partial charge in [-0.3, -0.25) is 0 Å². The van der Waals surface area contributed by atoms with Gasteiger partial charge in [-0.05, 0) is 44.0 Å². The van der Waals surface area contributed by atoms with E-state index in [-0.39, 0.29) is 16.6 Å². The zero-order chi connectivity index (χ0) is 16.5. The highest BCUT2D eigenvalue weighted by atomic mass is 32.2. The number of hydrogen-bond donors (Lipinski definition) is 0. The number of nitrogens with zero attached hydrogens (tertiary/aromatic N) is 1. The summed E-state index contributed by atoms with van der Waals surface area (Å²) >= 11 is 0. The Kier molecular flexibility index (Phi) is 4.73. The Balaban J connectivity index is 1.66. The van der Waals surface area contributed by atoms with E-state index in [0.29, 0.717) is 39.1 Å². The third-order valence-electron chi connectivity index (χ3n) is 4.66. The van der Waals surface area contributed by atoms with Gasteiger partial charge in [-0.25, -0.2) is 12.8 Å². The van der Waals surface area contributed by atoms with E-state index in [9.17, 15) is 12.8 Å². The molecule has 0 saturated carbocycles. The lowest BCUT2D eigenvalue weighted by atomic mass is 9.89. The summed E-state index contributed by atoms with van der Waals surface area (Å²) in [4.78, 5) is 0.134. The van der Waals surface area contributed by atoms with E-state index >= 15 is 0 Å². The number of hydrogen-bond acceptors (Lipinski definition) is 4. The monoisotopic (exact) mass is 343 g/mol. The van der Waals surface area contributed by atoms with Crippen LogP contribution in [-0.2, 0) is 19.5 Å². The van der Waals surface area contributed by atoms with Gasteiger partial charge in [0, 0.05) is 26.1 Å². The minimum Gasteiger partial charge on any atom is -0.376 e. The smallest absolute Gasteiger partial charge is 0.243 e. The molecule has 0 bridgehead atoms. The highest BCUT2D eigenvalue weighted by Gasteiger charge is 2.45. The molecule has 1 aromatic carbocycles. The van der Waals surface area contributed by atoms with Crippen LogP contribution in [-0.4, -0.2) is 50.7 Å². The summed E-state index contributed by atoms with van der Waals surface area (Å²) in [6, 6.07) is 4.97. The van der Waals surface area contributed by atoms with Crippen molar-refractivity contribution < 1.29 is 22.3 Å². The lowest BCUT2D eigenvalue weighted by Gasteiger charge is -2.37. The fourth-order valence-electron chi connectivity index (χ4n) is 3.38. The number of ether oxygens (including phenoxy) is 2. The van der Waals surface area contributed by atoms with Gasteiger partial charge in [0.2, 0.25) is 10.0 Å². The molecule has 0 radical (unpaired) electrons. The Hall–Kier alpha value is -1.02. The highest BCUT2D eigenvalue weighted by Crippen LogP contribution is 2.38. The van der Waals surface area contributed by atoms with Gasteiger partial charge >= 0.3 is 0 Å². The van der Waals surface area contributed by atoms with Gasteiger partial charge < -0.3 is 9.47 Å². The maximum absolute atomic E-state index is 13.0. The molecule has 1 spiro atoms. The Labute approximate surface area is 136 Å². The van der Waals surface area contributed by atoms with Crippen LogP contribution in [0.25, 0.3) is 0 Å². The summed E-state index contributed by atoms with van der Waals surface area (Å²) in [6.07, 6.45) is 2.26. The van der Waals surface area contributed by atoms with Crippen LogP contribution in [0.3, 0.4) is 0 Å². The molecular formula is C16H22FNO4S. The molecule has 0 aliphatic carbocycles. The molecular weight excluding hydrogens is 321 g/mol. The quantitative estimate of drug-likeness (QED) is 0.841. The van der Waals surface area contributed by atoms with Crippen molar-refractivity contribution in [3.63, 3.8) is 0 Å². The van der Waals surface area contributed by atoms with Crippen LogP contribution in [0.1, 0.15) is 26.2 Å². The molecule has 0 N–H and O–H groups in total. The molecule has 2 heterocycles. The lowest BCUT2D eigenvalue weighted by Crippen LogP contribution is -2.46. The van der Waals surface area contributed by atoms with Gasteiger partial charge in [0.05, 0.1) is 23.2 Å². The molecule has 23 heavy (non-hydrogen) atoms. The van der Waals surface area contributed by atoms with Gasteiger partial charge in [-0.15, -0.1) is 0 Å². The molecule has 128 valence electrons. The van der Waals surface area contributed by atoms with Gasteiger partial charge in [0.1, 0.15) is 5.82 Å². The first-order valence-electron chi connectivity index (χ1n) is 7.96. The van der Waals surface area contributed by atoms with Crippen LogP contribution >= 0.6 is 0 Å². The SMILES string of the molecule is CCO[C@@H]1COC2(CCN(S(=O)(=O)c3ccc(F)cc3)CC2)C1. The molecule has 2 saturated heterocycles. The van der Waals surface area contributed by atoms with Crippen molar-refractivity contribution in [1.29, 1.82) is 0 Å². The molecule has 2 aliphatic rings. The number of halogens is 1. The fraction of sp³-hybridized carbons (Fsp3) is 0.625. The van der Waals surface area contributed by atoms with Gasteiger partial charge in [-0.1, -0.05) is 0 Å². The second-order valence-corrected chi connectivity index (χ2v) is 8.07. The van der Waals surface area contributed by atoms with Crippen molar-refractivity contribution in [2.45, 2.75) is 42.8 Å². The molecule has 3 rings (SSSR count). The third kappa shape index (κ3) is 3.42. The predicted octanol–water partition coefficient (Wildman–Crippen LogP) is 2.17. The van der Waals surface area contributed by atoms with Crippen LogP contribution in [0.2, 0.25) is 0 Å². The maximum atomic E-state index is 13.0. The largest absolute Gasteiger partial charge is 0.376 e. The first kappa shape index (κ1) is 16.8. The maximum Gasteiger partial charge on any atom is 0.243 e. The van der Waals surface area contributed by atoms with Crippen LogP contribution in [0.15, 0.2) is 29.2 Å². The molecule has 2 fully saturated rings. The van der Waals surface area contributed by atoms with Crippen molar-refractivity contribution in [2.24, 2.45) is 0 Å². The zero-order valence-corrected chi connectivity index (χ0v) is 14.0. The summed E-state index contributed by atoms with van der Waals surface area (Å²) in [5.74, 6) is -0.442. The van der Waals surface area contributed by atoms with Crippen molar-refractivity contribution in [3.8, 4) is 0 Å². The Morgan fingerprint density at radius 3 is 2.57 bits per heavy atom. The second-order valence-electron chi connectivity index (χ2n) is 6.13. The van der Waals surface area contributed by atoms with Crippen LogP contribution in [0, 0.1) is 5.82 Å². The normalized spacial score (nSPS) is 25.0. The van der Waals surface area contributed by atoms with Crippen LogP contribution in [0.4, 0.5) is 4.39 Å². The van der Waals surface area contributed by atoms with E-state index in [2.05, 4.69) is 0 Å². The Morgan fingerprint density at radius 1 is 1.30 bits per heavy atom. The summed E-state index contributed by atoms with van der Waals surface area (Å²) in [7, 11) is -3.57. The summed E-state index contributed by atoms with van der Waals surface area (Å²) in [5, 5.41) is 0. The van der Waals surface area contributed by atoms with E-state index < -0.39 is 15.8 Å². The minimum absolute atomic E-state index is 0.111. The average molecular weight is 343 g/mol. The Morgan fingerprint density at radius 2 is 1.96 bits per heavy atom. The molecule has 0 aromatic heterocycles. The molecule has 2 aliphatic heterocycles. The Bertz CT molecular complexity index is 639. The number of sulfonamides is 1. The number of piperidine rings is 1. The molecule has 0 amide bonds. The highest BCUT2D eigenvalue weighted by molar-refractivity contribution is 7.89. The van der Waals surface area contributed by atoms with Crippen LogP contribution < -0.4 is 0 Å². The van der Waals surface area contributed by atoms with E-state index in [4.69, 9.17) is 9.47 Å². The van der Waals surface area contributed by atoms with Gasteiger partial charge in [-0.2, -0.15) is 4.31 Å². The first-order chi connectivity index (χ1) is 11.0. The van der Waals surface area contributed by atoms with E-state index in [1.54, 1.807) is 0 Å². The van der Waals surface area contributed by atoms with E-state index in [1.165, 1.54) is 28.6 Å². The first-order valence-corrected chi connectivity index (χ1v) is 9.40. The molecule has 5 nitrogen and oxygen atoms in total. The van der Waals surface area contributed by atoms with Crippen LogP contribution in [0.5, 0.6) is 0 Å². The number of benzene rings is 1. The van der Waals surface area contributed by atoms with Gasteiger partial charge in [0.15, 0.2) is 0 Å². The van der Waals surface area contributed by atoms with Crippen molar-refractivity contribution in [2.75, 3.05) is 26.3 Å². The zero-order valence-electron chi connectivity index (χ0n) is 13.2. The van der Waals surface area contributed by atoms with Crippen molar-refractivity contribution >= 4 is 10.0 Å². The summed E-state index contributed by atoms with van der Waals surface area (Å²) in [5.41, 5.74) is -0.255. The summed E-state index contributed by atoms with van der Waals surface area (Å²) in [6.45, 7) is 4.04. The number of rotatable bonds is 4. The minimum atomic E-state index is -3.57. The standard InChI is InChI=1S/C16H22FNO4S/c1-2-21-14-11-16(22-12-14)7-9-18(10-8-16)23(19,20)15-5-3-13(17)4-6-15/h3-6,14H,2,7-12H2,1H3/t14-/m0/s1. The van der Waals surface area contributed by atoms with E-state index in [0.717, 1.165) is 6.42 Å².